The molecule has 22 heavy (non-hydrogen) atoms. The molecule has 0 amide bonds. The number of hydrogen-bond acceptors (Lipinski definition) is 2. The normalized spacial score (nSPS) is 11.2. The lowest BCUT2D eigenvalue weighted by Gasteiger charge is -2.09. The first-order valence-corrected chi connectivity index (χ1v) is 6.03. The van der Waals surface area contributed by atoms with E-state index in [9.17, 15) is 22.0 Å². The van der Waals surface area contributed by atoms with Gasteiger partial charge in [0.15, 0.2) is 17.4 Å². The first kappa shape index (κ1) is 14.4. The summed E-state index contributed by atoms with van der Waals surface area (Å²) in [6.07, 6.45) is 0. The van der Waals surface area contributed by atoms with E-state index in [-0.39, 0.29) is 11.0 Å². The van der Waals surface area contributed by atoms with Gasteiger partial charge in [0.25, 0.3) is 0 Å². The van der Waals surface area contributed by atoms with E-state index >= 15 is 0 Å². The van der Waals surface area contributed by atoms with Crippen molar-refractivity contribution in [3.05, 3.63) is 53.4 Å². The molecule has 0 spiro atoms. The van der Waals surface area contributed by atoms with E-state index in [1.54, 1.807) is 0 Å². The standard InChI is InChI=1S/C15H7F5O2/c1-21-15-13(19)11(17)10(12(18)14(15)20)9-5-6-4-7(16)2-3-8(6)22-9/h2-5H,1H3. The molecule has 0 aliphatic rings. The van der Waals surface area contributed by atoms with E-state index in [0.717, 1.165) is 25.3 Å². The number of benzene rings is 2. The minimum atomic E-state index is -1.68. The van der Waals surface area contributed by atoms with Crippen LogP contribution in [0.2, 0.25) is 0 Å². The van der Waals surface area contributed by atoms with Crippen LogP contribution in [0.25, 0.3) is 22.3 Å². The molecule has 0 saturated heterocycles. The Morgan fingerprint density at radius 3 is 2.09 bits per heavy atom. The summed E-state index contributed by atoms with van der Waals surface area (Å²) < 4.78 is 77.9. The molecule has 0 aliphatic carbocycles. The SMILES string of the molecule is COc1c(F)c(F)c(-c2cc3cc(F)ccc3o2)c(F)c1F. The molecule has 3 aromatic rings. The van der Waals surface area contributed by atoms with Crippen LogP contribution in [-0.4, -0.2) is 7.11 Å². The summed E-state index contributed by atoms with van der Waals surface area (Å²) >= 11 is 0. The molecule has 0 bridgehead atoms. The predicted molar refractivity (Wildman–Crippen MR) is 68.0 cm³/mol. The number of ether oxygens (including phenoxy) is 1. The Labute approximate surface area is 120 Å². The minimum absolute atomic E-state index is 0.117. The molecule has 0 atom stereocenters. The lowest BCUT2D eigenvalue weighted by molar-refractivity contribution is 0.333. The average Bonchev–Trinajstić information content (AvgIpc) is 2.88. The van der Waals surface area contributed by atoms with Gasteiger partial charge in [-0.1, -0.05) is 0 Å². The monoisotopic (exact) mass is 314 g/mol. The molecule has 0 saturated carbocycles. The van der Waals surface area contributed by atoms with Gasteiger partial charge in [0, 0.05) is 5.39 Å². The molecule has 1 aromatic heterocycles. The molecule has 7 heteroatoms. The number of hydrogen-bond donors (Lipinski definition) is 0. The van der Waals surface area contributed by atoms with Crippen molar-refractivity contribution in [3.8, 4) is 17.1 Å². The van der Waals surface area contributed by atoms with Crippen molar-refractivity contribution in [3.63, 3.8) is 0 Å². The largest absolute Gasteiger partial charge is 0.491 e. The van der Waals surface area contributed by atoms with Crippen molar-refractivity contribution in [1.29, 1.82) is 0 Å². The Kier molecular flexibility index (Phi) is 3.27. The summed E-state index contributed by atoms with van der Waals surface area (Å²) in [5.74, 6) is -8.89. The number of methoxy groups -OCH3 is 1. The third kappa shape index (κ3) is 2.01. The Morgan fingerprint density at radius 2 is 1.50 bits per heavy atom. The minimum Gasteiger partial charge on any atom is -0.491 e. The van der Waals surface area contributed by atoms with Crippen LogP contribution >= 0.6 is 0 Å². The van der Waals surface area contributed by atoms with Crippen molar-refractivity contribution < 1.29 is 31.1 Å². The van der Waals surface area contributed by atoms with Gasteiger partial charge in [-0.2, -0.15) is 8.78 Å². The van der Waals surface area contributed by atoms with Gasteiger partial charge in [0.2, 0.25) is 11.6 Å². The van der Waals surface area contributed by atoms with Gasteiger partial charge in [-0.15, -0.1) is 0 Å². The quantitative estimate of drug-likeness (QED) is 0.500. The van der Waals surface area contributed by atoms with Gasteiger partial charge < -0.3 is 9.15 Å². The highest BCUT2D eigenvalue weighted by atomic mass is 19.2. The zero-order valence-electron chi connectivity index (χ0n) is 11.0. The maximum Gasteiger partial charge on any atom is 0.204 e. The van der Waals surface area contributed by atoms with E-state index in [1.807, 2.05) is 0 Å². The number of halogens is 5. The van der Waals surface area contributed by atoms with Crippen molar-refractivity contribution >= 4 is 11.0 Å². The second kappa shape index (κ2) is 5.01. The van der Waals surface area contributed by atoms with Gasteiger partial charge in [-0.3, -0.25) is 0 Å². The highest BCUT2D eigenvalue weighted by Gasteiger charge is 2.28. The predicted octanol–water partition coefficient (Wildman–Crippen LogP) is 4.80. The second-order valence-corrected chi connectivity index (χ2v) is 4.46. The van der Waals surface area contributed by atoms with Crippen LogP contribution in [-0.2, 0) is 0 Å². The van der Waals surface area contributed by atoms with Gasteiger partial charge in [-0.25, -0.2) is 13.2 Å². The third-order valence-electron chi connectivity index (χ3n) is 3.15. The van der Waals surface area contributed by atoms with Gasteiger partial charge in [-0.05, 0) is 24.3 Å². The van der Waals surface area contributed by atoms with Crippen molar-refractivity contribution in [2.45, 2.75) is 0 Å². The van der Waals surface area contributed by atoms with Crippen molar-refractivity contribution in [2.75, 3.05) is 7.11 Å². The van der Waals surface area contributed by atoms with Crippen LogP contribution in [0.15, 0.2) is 28.7 Å². The summed E-state index contributed by atoms with van der Waals surface area (Å²) in [6, 6.07) is 4.47. The van der Waals surface area contributed by atoms with E-state index < -0.39 is 46.2 Å². The Balaban J connectivity index is 2.30. The fraction of sp³-hybridized carbons (Fsp3) is 0.0667. The molecule has 0 radical (unpaired) electrons. The molecule has 1 heterocycles. The lowest BCUT2D eigenvalue weighted by atomic mass is 10.1. The molecule has 114 valence electrons. The maximum absolute atomic E-state index is 14.0. The fourth-order valence-electron chi connectivity index (χ4n) is 2.14. The first-order chi connectivity index (χ1) is 10.4. The van der Waals surface area contributed by atoms with E-state index in [0.29, 0.717) is 0 Å². The molecule has 0 N–H and O–H groups in total. The Bertz CT molecular complexity index is 856. The van der Waals surface area contributed by atoms with Crippen LogP contribution in [0.3, 0.4) is 0 Å². The Morgan fingerprint density at radius 1 is 0.864 bits per heavy atom. The molecular formula is C15H7F5O2. The van der Waals surface area contributed by atoms with Gasteiger partial charge in [0.1, 0.15) is 17.2 Å². The van der Waals surface area contributed by atoms with Gasteiger partial charge >= 0.3 is 0 Å². The molecule has 3 rings (SSSR count). The molecular weight excluding hydrogens is 307 g/mol. The number of fused-ring (bicyclic) bond motifs is 1. The molecule has 2 aromatic carbocycles. The van der Waals surface area contributed by atoms with E-state index in [2.05, 4.69) is 4.74 Å². The van der Waals surface area contributed by atoms with Crippen LogP contribution < -0.4 is 4.74 Å². The average molecular weight is 314 g/mol. The topological polar surface area (TPSA) is 22.4 Å². The smallest absolute Gasteiger partial charge is 0.204 e. The number of rotatable bonds is 2. The first-order valence-electron chi connectivity index (χ1n) is 6.03. The van der Waals surface area contributed by atoms with Crippen LogP contribution in [0.1, 0.15) is 0 Å². The molecule has 0 unspecified atom stereocenters. The zero-order chi connectivity index (χ0) is 16.0. The zero-order valence-corrected chi connectivity index (χ0v) is 11.0. The highest BCUT2D eigenvalue weighted by Crippen LogP contribution is 2.37. The Hall–Kier alpha value is -2.57. The van der Waals surface area contributed by atoms with Crippen LogP contribution in [0.4, 0.5) is 22.0 Å². The summed E-state index contributed by atoms with van der Waals surface area (Å²) in [4.78, 5) is 0. The van der Waals surface area contributed by atoms with E-state index in [1.165, 1.54) is 6.07 Å². The van der Waals surface area contributed by atoms with E-state index in [4.69, 9.17) is 4.42 Å². The summed E-state index contributed by atoms with van der Waals surface area (Å²) in [5.41, 5.74) is -0.903. The molecule has 2 nitrogen and oxygen atoms in total. The third-order valence-corrected chi connectivity index (χ3v) is 3.15. The fourth-order valence-corrected chi connectivity index (χ4v) is 2.14. The highest BCUT2D eigenvalue weighted by molar-refractivity contribution is 5.83. The van der Waals surface area contributed by atoms with Crippen molar-refractivity contribution in [1.82, 2.24) is 0 Å². The summed E-state index contributed by atoms with van der Waals surface area (Å²) in [5, 5.41) is 0.199. The van der Waals surface area contributed by atoms with Crippen LogP contribution in [0, 0.1) is 29.1 Å². The van der Waals surface area contributed by atoms with Crippen LogP contribution in [0.5, 0.6) is 5.75 Å². The van der Waals surface area contributed by atoms with Crippen molar-refractivity contribution in [2.24, 2.45) is 0 Å². The lowest BCUT2D eigenvalue weighted by Crippen LogP contribution is -2.03. The van der Waals surface area contributed by atoms with Gasteiger partial charge in [0.05, 0.1) is 12.7 Å². The summed E-state index contributed by atoms with van der Waals surface area (Å²) in [7, 11) is 0.879. The summed E-state index contributed by atoms with van der Waals surface area (Å²) in [6.45, 7) is 0. The number of furan rings is 1. The second-order valence-electron chi connectivity index (χ2n) is 4.46. The maximum atomic E-state index is 14.0. The molecule has 0 aliphatic heterocycles. The molecule has 0 fully saturated rings.